The predicted molar refractivity (Wildman–Crippen MR) is 76.2 cm³/mol. The summed E-state index contributed by atoms with van der Waals surface area (Å²) in [6.45, 7) is 2.31. The number of aromatic nitrogens is 1. The molecule has 0 saturated carbocycles. The summed E-state index contributed by atoms with van der Waals surface area (Å²) in [5.74, 6) is 0. The normalized spacial score (nSPS) is 31.2. The molecule has 0 bridgehead atoms. The summed E-state index contributed by atoms with van der Waals surface area (Å²) in [4.78, 5) is 5.11. The molecule has 0 aliphatic carbocycles. The SMILES string of the molecule is C[C@H]1[C@H](O)[C@H](O)[C@@H](CO)N1Cc1ccc2[nH]ccc2c1. The van der Waals surface area contributed by atoms with E-state index in [2.05, 4.69) is 11.1 Å². The van der Waals surface area contributed by atoms with Crippen molar-refractivity contribution in [3.8, 4) is 0 Å². The van der Waals surface area contributed by atoms with E-state index < -0.39 is 18.2 Å². The summed E-state index contributed by atoms with van der Waals surface area (Å²) in [6.07, 6.45) is 0.186. The Morgan fingerprint density at radius 3 is 2.75 bits per heavy atom. The summed E-state index contributed by atoms with van der Waals surface area (Å²) in [5, 5.41) is 30.5. The summed E-state index contributed by atoms with van der Waals surface area (Å²) >= 11 is 0. The van der Waals surface area contributed by atoms with E-state index in [0.29, 0.717) is 6.54 Å². The highest BCUT2D eigenvalue weighted by Gasteiger charge is 2.44. The van der Waals surface area contributed by atoms with Crippen LogP contribution in [-0.4, -0.2) is 56.1 Å². The summed E-state index contributed by atoms with van der Waals surface area (Å²) in [6, 6.07) is 7.55. The Morgan fingerprint density at radius 2 is 2.00 bits per heavy atom. The zero-order valence-electron chi connectivity index (χ0n) is 11.4. The molecular weight excluding hydrogens is 256 g/mol. The number of aromatic amines is 1. The number of rotatable bonds is 3. The third kappa shape index (κ3) is 2.13. The number of hydrogen-bond acceptors (Lipinski definition) is 4. The van der Waals surface area contributed by atoms with Gasteiger partial charge in [-0.05, 0) is 36.1 Å². The second kappa shape index (κ2) is 5.18. The van der Waals surface area contributed by atoms with Crippen molar-refractivity contribution < 1.29 is 15.3 Å². The number of hydrogen-bond donors (Lipinski definition) is 4. The van der Waals surface area contributed by atoms with Crippen molar-refractivity contribution in [3.05, 3.63) is 36.0 Å². The highest BCUT2D eigenvalue weighted by molar-refractivity contribution is 5.79. The Hall–Kier alpha value is -1.40. The van der Waals surface area contributed by atoms with E-state index in [1.165, 1.54) is 0 Å². The molecule has 4 atom stereocenters. The molecule has 0 unspecified atom stereocenters. The molecule has 1 fully saturated rings. The van der Waals surface area contributed by atoms with Crippen molar-refractivity contribution in [1.29, 1.82) is 0 Å². The lowest BCUT2D eigenvalue weighted by atomic mass is 10.1. The lowest BCUT2D eigenvalue weighted by Crippen LogP contribution is -2.40. The third-order valence-corrected chi connectivity index (χ3v) is 4.36. The molecule has 108 valence electrons. The molecule has 0 amide bonds. The summed E-state index contributed by atoms with van der Waals surface area (Å²) < 4.78 is 0. The van der Waals surface area contributed by atoms with Crippen LogP contribution in [0.2, 0.25) is 0 Å². The van der Waals surface area contributed by atoms with Crippen LogP contribution < -0.4 is 0 Å². The van der Waals surface area contributed by atoms with Crippen LogP contribution in [-0.2, 0) is 6.54 Å². The van der Waals surface area contributed by atoms with Crippen molar-refractivity contribution in [2.75, 3.05) is 6.61 Å². The van der Waals surface area contributed by atoms with E-state index in [0.717, 1.165) is 16.5 Å². The molecule has 2 aromatic rings. The maximum Gasteiger partial charge on any atom is 0.0991 e. The molecule has 20 heavy (non-hydrogen) atoms. The zero-order chi connectivity index (χ0) is 14.3. The lowest BCUT2D eigenvalue weighted by Gasteiger charge is -2.27. The van der Waals surface area contributed by atoms with E-state index in [1.807, 2.05) is 36.2 Å². The molecule has 1 saturated heterocycles. The minimum Gasteiger partial charge on any atom is -0.395 e. The second-order valence-electron chi connectivity index (χ2n) is 5.54. The van der Waals surface area contributed by atoms with Gasteiger partial charge in [0, 0.05) is 24.3 Å². The minimum absolute atomic E-state index is 0.158. The fourth-order valence-electron chi connectivity index (χ4n) is 3.09. The van der Waals surface area contributed by atoms with Crippen LogP contribution in [0.4, 0.5) is 0 Å². The number of benzene rings is 1. The number of aliphatic hydroxyl groups excluding tert-OH is 3. The average molecular weight is 276 g/mol. The van der Waals surface area contributed by atoms with E-state index in [9.17, 15) is 15.3 Å². The van der Waals surface area contributed by atoms with Gasteiger partial charge in [0.2, 0.25) is 0 Å². The molecule has 2 heterocycles. The van der Waals surface area contributed by atoms with Crippen LogP contribution >= 0.6 is 0 Å². The highest BCUT2D eigenvalue weighted by atomic mass is 16.3. The number of likely N-dealkylation sites (tertiary alicyclic amines) is 1. The van der Waals surface area contributed by atoms with Gasteiger partial charge >= 0.3 is 0 Å². The van der Waals surface area contributed by atoms with Crippen LogP contribution in [0.15, 0.2) is 30.5 Å². The smallest absolute Gasteiger partial charge is 0.0991 e. The van der Waals surface area contributed by atoms with Gasteiger partial charge in [0.05, 0.1) is 24.9 Å². The van der Waals surface area contributed by atoms with E-state index >= 15 is 0 Å². The van der Waals surface area contributed by atoms with E-state index in [4.69, 9.17) is 0 Å². The highest BCUT2D eigenvalue weighted by Crippen LogP contribution is 2.27. The molecule has 3 rings (SSSR count). The van der Waals surface area contributed by atoms with Gasteiger partial charge in [-0.15, -0.1) is 0 Å². The molecular formula is C15H20N2O3. The molecule has 5 heteroatoms. The Labute approximate surface area is 117 Å². The van der Waals surface area contributed by atoms with Crippen LogP contribution in [0.3, 0.4) is 0 Å². The maximum absolute atomic E-state index is 9.96. The van der Waals surface area contributed by atoms with Crippen LogP contribution in [0, 0.1) is 0 Å². The Balaban J connectivity index is 1.85. The molecule has 4 N–H and O–H groups in total. The molecule has 5 nitrogen and oxygen atoms in total. The topological polar surface area (TPSA) is 79.7 Å². The fraction of sp³-hybridized carbons (Fsp3) is 0.467. The van der Waals surface area contributed by atoms with Gasteiger partial charge in [0.1, 0.15) is 0 Å². The van der Waals surface area contributed by atoms with Crippen LogP contribution in [0.5, 0.6) is 0 Å². The molecule has 1 aliphatic heterocycles. The fourth-order valence-corrected chi connectivity index (χ4v) is 3.09. The number of fused-ring (bicyclic) bond motifs is 1. The van der Waals surface area contributed by atoms with Crippen molar-refractivity contribution in [3.63, 3.8) is 0 Å². The van der Waals surface area contributed by atoms with Gasteiger partial charge < -0.3 is 20.3 Å². The first-order chi connectivity index (χ1) is 9.61. The first-order valence-electron chi connectivity index (χ1n) is 6.90. The Morgan fingerprint density at radius 1 is 1.20 bits per heavy atom. The van der Waals surface area contributed by atoms with Crippen molar-refractivity contribution >= 4 is 10.9 Å². The summed E-state index contributed by atoms with van der Waals surface area (Å²) in [7, 11) is 0. The number of H-pyrrole nitrogens is 1. The lowest BCUT2D eigenvalue weighted by molar-refractivity contribution is 0.0186. The summed E-state index contributed by atoms with van der Waals surface area (Å²) in [5.41, 5.74) is 2.19. The largest absolute Gasteiger partial charge is 0.395 e. The van der Waals surface area contributed by atoms with Crippen LogP contribution in [0.1, 0.15) is 12.5 Å². The third-order valence-electron chi connectivity index (χ3n) is 4.36. The first-order valence-corrected chi connectivity index (χ1v) is 6.90. The second-order valence-corrected chi connectivity index (χ2v) is 5.54. The van der Waals surface area contributed by atoms with Gasteiger partial charge in [-0.1, -0.05) is 6.07 Å². The molecule has 0 radical (unpaired) electrons. The van der Waals surface area contributed by atoms with Gasteiger partial charge in [-0.3, -0.25) is 4.90 Å². The monoisotopic (exact) mass is 276 g/mol. The maximum atomic E-state index is 9.96. The van der Waals surface area contributed by atoms with Crippen molar-refractivity contribution in [1.82, 2.24) is 9.88 Å². The number of aliphatic hydroxyl groups is 3. The van der Waals surface area contributed by atoms with Gasteiger partial charge in [-0.2, -0.15) is 0 Å². The van der Waals surface area contributed by atoms with Crippen molar-refractivity contribution in [2.24, 2.45) is 0 Å². The number of nitrogens with one attached hydrogen (secondary N) is 1. The first kappa shape index (κ1) is 13.6. The van der Waals surface area contributed by atoms with Gasteiger partial charge in [0.15, 0.2) is 0 Å². The standard InChI is InChI=1S/C15H20N2O3/c1-9-14(19)15(20)13(8-18)17(9)7-10-2-3-12-11(6-10)4-5-16-12/h2-6,9,13-16,18-20H,7-8H2,1H3/t9-,13+,14-,15+/m0/s1. The molecule has 0 spiro atoms. The number of nitrogens with zero attached hydrogens (tertiary/aromatic N) is 1. The average Bonchev–Trinajstić information content (AvgIpc) is 2.99. The Bertz CT molecular complexity index is 598. The molecule has 1 aliphatic rings. The molecule has 1 aromatic heterocycles. The van der Waals surface area contributed by atoms with Gasteiger partial charge in [0.25, 0.3) is 0 Å². The van der Waals surface area contributed by atoms with Crippen molar-refractivity contribution in [2.45, 2.75) is 37.8 Å². The van der Waals surface area contributed by atoms with E-state index in [-0.39, 0.29) is 12.6 Å². The zero-order valence-corrected chi connectivity index (χ0v) is 11.4. The van der Waals surface area contributed by atoms with Crippen LogP contribution in [0.25, 0.3) is 10.9 Å². The quantitative estimate of drug-likeness (QED) is 0.656. The molecule has 1 aromatic carbocycles. The van der Waals surface area contributed by atoms with Gasteiger partial charge in [-0.25, -0.2) is 0 Å². The van der Waals surface area contributed by atoms with E-state index in [1.54, 1.807) is 0 Å². The Kier molecular flexibility index (Phi) is 3.52. The predicted octanol–water partition coefficient (Wildman–Crippen LogP) is 0.455. The minimum atomic E-state index is -0.897.